The summed E-state index contributed by atoms with van der Waals surface area (Å²) < 4.78 is 38.5. The standard InChI is InChI=1S/C11H18N2O6S/c1-13-8-9(20(12,15)16)7-10(13)11(14)19-6-5-18-4-3-17-2/h7-8H,3-6H2,1-2H3,(H2,12,15,16). The summed E-state index contributed by atoms with van der Waals surface area (Å²) in [5.41, 5.74) is 0.103. The maximum Gasteiger partial charge on any atom is 0.355 e. The van der Waals surface area contributed by atoms with E-state index in [1.54, 1.807) is 7.11 Å². The van der Waals surface area contributed by atoms with Crippen molar-refractivity contribution >= 4 is 16.0 Å². The number of carbonyl (C=O) groups excluding carboxylic acids is 1. The molecular formula is C11H18N2O6S. The molecule has 0 radical (unpaired) electrons. The lowest BCUT2D eigenvalue weighted by Crippen LogP contribution is -2.14. The molecule has 0 saturated heterocycles. The molecule has 0 saturated carbocycles. The summed E-state index contributed by atoms with van der Waals surface area (Å²) in [6, 6.07) is 1.17. The van der Waals surface area contributed by atoms with Gasteiger partial charge in [-0.15, -0.1) is 0 Å². The van der Waals surface area contributed by atoms with E-state index in [2.05, 4.69) is 0 Å². The van der Waals surface area contributed by atoms with Crippen LogP contribution in [0.4, 0.5) is 0 Å². The number of aryl methyl sites for hydroxylation is 1. The average molecular weight is 306 g/mol. The minimum absolute atomic E-state index is 0.0679. The molecule has 0 fully saturated rings. The summed E-state index contributed by atoms with van der Waals surface area (Å²) in [7, 11) is -0.755. The third-order valence-electron chi connectivity index (χ3n) is 2.41. The van der Waals surface area contributed by atoms with Crippen molar-refractivity contribution in [3.63, 3.8) is 0 Å². The van der Waals surface area contributed by atoms with Crippen LogP contribution in [0.3, 0.4) is 0 Å². The highest BCUT2D eigenvalue weighted by atomic mass is 32.2. The molecule has 1 rings (SSSR count). The Bertz CT molecular complexity index is 551. The number of sulfonamides is 1. The molecule has 0 amide bonds. The van der Waals surface area contributed by atoms with E-state index in [4.69, 9.17) is 19.3 Å². The molecule has 114 valence electrons. The zero-order valence-electron chi connectivity index (χ0n) is 11.4. The van der Waals surface area contributed by atoms with Gasteiger partial charge < -0.3 is 18.8 Å². The second-order valence-electron chi connectivity index (χ2n) is 3.96. The lowest BCUT2D eigenvalue weighted by molar-refractivity contribution is 0.0207. The fourth-order valence-corrected chi connectivity index (χ4v) is 1.99. The van der Waals surface area contributed by atoms with Crippen LogP contribution in [-0.4, -0.2) is 52.5 Å². The highest BCUT2D eigenvalue weighted by Crippen LogP contribution is 2.12. The molecule has 0 spiro atoms. The highest BCUT2D eigenvalue weighted by Gasteiger charge is 2.18. The number of nitrogens with zero attached hydrogens (tertiary/aromatic N) is 1. The van der Waals surface area contributed by atoms with Crippen molar-refractivity contribution in [3.05, 3.63) is 18.0 Å². The van der Waals surface area contributed by atoms with Gasteiger partial charge in [-0.3, -0.25) is 0 Å². The minimum Gasteiger partial charge on any atom is -0.459 e. The summed E-state index contributed by atoms with van der Waals surface area (Å²) in [6.07, 6.45) is 1.25. The van der Waals surface area contributed by atoms with Crippen molar-refractivity contribution in [1.82, 2.24) is 4.57 Å². The quantitative estimate of drug-likeness (QED) is 0.512. The van der Waals surface area contributed by atoms with Crippen molar-refractivity contribution in [3.8, 4) is 0 Å². The minimum atomic E-state index is -3.84. The maximum atomic E-state index is 11.7. The topological polar surface area (TPSA) is 110 Å². The van der Waals surface area contributed by atoms with Gasteiger partial charge in [0.25, 0.3) is 0 Å². The molecule has 20 heavy (non-hydrogen) atoms. The Balaban J connectivity index is 2.50. The lowest BCUT2D eigenvalue weighted by Gasteiger charge is -2.06. The van der Waals surface area contributed by atoms with Gasteiger partial charge in [-0.2, -0.15) is 0 Å². The first-order valence-corrected chi connectivity index (χ1v) is 7.34. The van der Waals surface area contributed by atoms with Crippen molar-refractivity contribution in [2.45, 2.75) is 4.90 Å². The van der Waals surface area contributed by atoms with Gasteiger partial charge in [-0.25, -0.2) is 18.4 Å². The van der Waals surface area contributed by atoms with Gasteiger partial charge in [-0.1, -0.05) is 0 Å². The zero-order chi connectivity index (χ0) is 15.2. The molecule has 2 N–H and O–H groups in total. The second kappa shape index (κ2) is 7.39. The fourth-order valence-electron chi connectivity index (χ4n) is 1.40. The number of esters is 1. The summed E-state index contributed by atoms with van der Waals surface area (Å²) >= 11 is 0. The van der Waals surface area contributed by atoms with Crippen LogP contribution in [-0.2, 0) is 31.3 Å². The van der Waals surface area contributed by atoms with Gasteiger partial charge in [0.1, 0.15) is 17.2 Å². The van der Waals surface area contributed by atoms with Gasteiger partial charge in [-0.05, 0) is 6.07 Å². The molecule has 0 aliphatic rings. The van der Waals surface area contributed by atoms with E-state index in [1.165, 1.54) is 23.9 Å². The van der Waals surface area contributed by atoms with E-state index in [1.807, 2.05) is 0 Å². The summed E-state index contributed by atoms with van der Waals surface area (Å²) in [5.74, 6) is -0.641. The Kier molecular flexibility index (Phi) is 6.14. The third-order valence-corrected chi connectivity index (χ3v) is 3.29. The van der Waals surface area contributed by atoms with E-state index in [-0.39, 0.29) is 23.8 Å². The van der Waals surface area contributed by atoms with Crippen molar-refractivity contribution in [2.24, 2.45) is 12.2 Å². The predicted octanol–water partition coefficient (Wildman–Crippen LogP) is -0.508. The van der Waals surface area contributed by atoms with Crippen molar-refractivity contribution in [1.29, 1.82) is 0 Å². The van der Waals surface area contributed by atoms with Crippen LogP contribution in [0.25, 0.3) is 0 Å². The molecule has 8 nitrogen and oxygen atoms in total. The number of methoxy groups -OCH3 is 1. The highest BCUT2D eigenvalue weighted by molar-refractivity contribution is 7.89. The number of ether oxygens (including phenoxy) is 3. The number of nitrogens with two attached hydrogens (primary N) is 1. The number of rotatable bonds is 8. The molecule has 0 aliphatic carbocycles. The van der Waals surface area contributed by atoms with E-state index in [0.29, 0.717) is 13.2 Å². The van der Waals surface area contributed by atoms with E-state index < -0.39 is 16.0 Å². The number of aromatic nitrogens is 1. The summed E-state index contributed by atoms with van der Waals surface area (Å²) in [6.45, 7) is 1.18. The first kappa shape index (κ1) is 16.6. The Hall–Kier alpha value is -1.42. The Morgan fingerprint density at radius 3 is 2.50 bits per heavy atom. The Labute approximate surface area is 117 Å². The van der Waals surface area contributed by atoms with Gasteiger partial charge >= 0.3 is 5.97 Å². The molecule has 1 aromatic heterocycles. The number of hydrogen-bond acceptors (Lipinski definition) is 6. The van der Waals surface area contributed by atoms with Crippen LogP contribution < -0.4 is 5.14 Å². The summed E-state index contributed by atoms with van der Waals surface area (Å²) in [5, 5.41) is 4.98. The van der Waals surface area contributed by atoms with E-state index >= 15 is 0 Å². The molecule has 0 bridgehead atoms. The van der Waals surface area contributed by atoms with Crippen LogP contribution in [0.2, 0.25) is 0 Å². The Morgan fingerprint density at radius 1 is 1.30 bits per heavy atom. The van der Waals surface area contributed by atoms with E-state index in [9.17, 15) is 13.2 Å². The maximum absolute atomic E-state index is 11.7. The van der Waals surface area contributed by atoms with Gasteiger partial charge in [0.05, 0.1) is 19.8 Å². The molecular weight excluding hydrogens is 288 g/mol. The molecule has 1 aromatic rings. The second-order valence-corrected chi connectivity index (χ2v) is 5.52. The van der Waals surface area contributed by atoms with Crippen LogP contribution >= 0.6 is 0 Å². The van der Waals surface area contributed by atoms with Crippen LogP contribution in [0.1, 0.15) is 10.5 Å². The fraction of sp³-hybridized carbons (Fsp3) is 0.545. The first-order chi connectivity index (χ1) is 9.36. The summed E-state index contributed by atoms with van der Waals surface area (Å²) in [4.78, 5) is 11.6. The van der Waals surface area contributed by atoms with Gasteiger partial charge in [0.15, 0.2) is 0 Å². The normalized spacial score (nSPS) is 11.6. The monoisotopic (exact) mass is 306 g/mol. The number of hydrogen-bond donors (Lipinski definition) is 1. The lowest BCUT2D eigenvalue weighted by atomic mass is 10.4. The largest absolute Gasteiger partial charge is 0.459 e. The van der Waals surface area contributed by atoms with Gasteiger partial charge in [0.2, 0.25) is 10.0 Å². The van der Waals surface area contributed by atoms with Crippen LogP contribution in [0.5, 0.6) is 0 Å². The molecule has 1 heterocycles. The molecule has 0 aromatic carbocycles. The third kappa shape index (κ3) is 4.93. The van der Waals surface area contributed by atoms with Crippen molar-refractivity contribution in [2.75, 3.05) is 33.5 Å². The zero-order valence-corrected chi connectivity index (χ0v) is 12.2. The Morgan fingerprint density at radius 2 is 1.95 bits per heavy atom. The molecule has 0 atom stereocenters. The van der Waals surface area contributed by atoms with E-state index in [0.717, 1.165) is 0 Å². The van der Waals surface area contributed by atoms with Crippen molar-refractivity contribution < 1.29 is 27.4 Å². The number of carbonyl (C=O) groups is 1. The molecule has 0 unspecified atom stereocenters. The van der Waals surface area contributed by atoms with Crippen LogP contribution in [0.15, 0.2) is 17.2 Å². The SMILES string of the molecule is COCCOCCOC(=O)c1cc(S(N)(=O)=O)cn1C. The predicted molar refractivity (Wildman–Crippen MR) is 69.8 cm³/mol. The first-order valence-electron chi connectivity index (χ1n) is 5.79. The average Bonchev–Trinajstić information content (AvgIpc) is 2.75. The van der Waals surface area contributed by atoms with Gasteiger partial charge in [0, 0.05) is 20.4 Å². The molecule has 0 aliphatic heterocycles. The smallest absolute Gasteiger partial charge is 0.355 e. The molecule has 9 heteroatoms. The van der Waals surface area contributed by atoms with Crippen LogP contribution in [0, 0.1) is 0 Å². The number of primary sulfonamides is 1.